The van der Waals surface area contributed by atoms with E-state index in [0.29, 0.717) is 36.5 Å². The molecule has 4 fully saturated rings. The van der Waals surface area contributed by atoms with Crippen molar-refractivity contribution in [3.8, 4) is 0 Å². The molecule has 0 saturated heterocycles. The molecule has 0 heterocycles. The van der Waals surface area contributed by atoms with Crippen LogP contribution in [0.5, 0.6) is 0 Å². The van der Waals surface area contributed by atoms with E-state index in [1.807, 2.05) is 0 Å². The molecule has 4 saturated carbocycles. The molecule has 24 heavy (non-hydrogen) atoms. The van der Waals surface area contributed by atoms with Gasteiger partial charge in [-0.25, -0.2) is 20.3 Å². The van der Waals surface area contributed by atoms with Gasteiger partial charge in [-0.15, -0.1) is 0 Å². The Bertz CT molecular complexity index is 492. The first kappa shape index (κ1) is 17.2. The molecule has 138 valence electrons. The molecular formula is C19H32O5. The van der Waals surface area contributed by atoms with Crippen LogP contribution in [0, 0.1) is 34.5 Å². The minimum absolute atomic E-state index is 0.116. The van der Waals surface area contributed by atoms with Gasteiger partial charge in [0.1, 0.15) is 0 Å². The molecule has 0 radical (unpaired) electrons. The maximum atomic E-state index is 10.5. The van der Waals surface area contributed by atoms with E-state index >= 15 is 0 Å². The van der Waals surface area contributed by atoms with E-state index in [-0.39, 0.29) is 16.9 Å². The number of rotatable bonds is 2. The Labute approximate surface area is 144 Å². The zero-order valence-electron chi connectivity index (χ0n) is 14.9. The van der Waals surface area contributed by atoms with Gasteiger partial charge >= 0.3 is 0 Å². The Morgan fingerprint density at radius 2 is 1.50 bits per heavy atom. The van der Waals surface area contributed by atoms with Crippen molar-refractivity contribution < 1.29 is 25.4 Å². The van der Waals surface area contributed by atoms with Gasteiger partial charge in [-0.05, 0) is 79.4 Å². The minimum Gasteiger partial charge on any atom is -0.393 e. The molecular weight excluding hydrogens is 308 g/mol. The maximum absolute atomic E-state index is 10.5. The first-order valence-electron chi connectivity index (χ1n) is 9.72. The van der Waals surface area contributed by atoms with Crippen molar-refractivity contribution in [2.24, 2.45) is 34.5 Å². The molecule has 0 amide bonds. The van der Waals surface area contributed by atoms with Crippen molar-refractivity contribution in [1.82, 2.24) is 0 Å². The highest BCUT2D eigenvalue weighted by Gasteiger charge is 2.62. The van der Waals surface area contributed by atoms with Crippen LogP contribution in [-0.4, -0.2) is 27.5 Å². The fourth-order valence-corrected chi connectivity index (χ4v) is 7.35. The summed E-state index contributed by atoms with van der Waals surface area (Å²) < 4.78 is 0. The van der Waals surface area contributed by atoms with Crippen LogP contribution in [-0.2, 0) is 9.78 Å². The van der Waals surface area contributed by atoms with E-state index in [9.17, 15) is 15.6 Å². The van der Waals surface area contributed by atoms with Crippen LogP contribution in [0.2, 0.25) is 0 Å². The molecule has 3 N–H and O–H groups in total. The topological polar surface area (TPSA) is 79.2 Å². The molecule has 0 unspecified atom stereocenters. The first-order valence-corrected chi connectivity index (χ1v) is 9.72. The highest BCUT2D eigenvalue weighted by molar-refractivity contribution is 5.10. The number of aliphatic hydroxyl groups excluding tert-OH is 1. The summed E-state index contributed by atoms with van der Waals surface area (Å²) in [7, 11) is 0. The zero-order valence-corrected chi connectivity index (χ0v) is 14.9. The van der Waals surface area contributed by atoms with Crippen molar-refractivity contribution in [2.75, 3.05) is 0 Å². The second-order valence-corrected chi connectivity index (χ2v) is 9.59. The van der Waals surface area contributed by atoms with Crippen molar-refractivity contribution in [1.29, 1.82) is 0 Å². The number of fused-ring (bicyclic) bond motifs is 5. The lowest BCUT2D eigenvalue weighted by Crippen LogP contribution is -2.57. The summed E-state index contributed by atoms with van der Waals surface area (Å²) in [6.07, 6.45) is 8.60. The average Bonchev–Trinajstić information content (AvgIpc) is 2.90. The summed E-state index contributed by atoms with van der Waals surface area (Å²) in [4.78, 5) is 9.10. The summed E-state index contributed by atoms with van der Waals surface area (Å²) in [5, 5.41) is 29.0. The van der Waals surface area contributed by atoms with E-state index in [0.717, 1.165) is 25.7 Å². The molecule has 5 nitrogen and oxygen atoms in total. The lowest BCUT2D eigenvalue weighted by Gasteiger charge is -2.61. The summed E-state index contributed by atoms with van der Waals surface area (Å²) in [5.74, 6) is 1.21. The zero-order chi connectivity index (χ0) is 17.2. The molecule has 0 aromatic carbocycles. The molecule has 0 aromatic heterocycles. The van der Waals surface area contributed by atoms with Crippen LogP contribution < -0.4 is 0 Å². The minimum atomic E-state index is -1.23. The number of aliphatic hydroxyl groups is 1. The van der Waals surface area contributed by atoms with Crippen LogP contribution in [0.4, 0.5) is 0 Å². The van der Waals surface area contributed by atoms with E-state index in [1.165, 1.54) is 19.3 Å². The third-order valence-electron chi connectivity index (χ3n) is 8.95. The second kappa shape index (κ2) is 5.65. The largest absolute Gasteiger partial charge is 0.393 e. The Morgan fingerprint density at radius 3 is 2.21 bits per heavy atom. The van der Waals surface area contributed by atoms with E-state index in [1.54, 1.807) is 0 Å². The maximum Gasteiger partial charge on any atom is 0.233 e. The Kier molecular flexibility index (Phi) is 4.05. The molecule has 0 aromatic rings. The van der Waals surface area contributed by atoms with Gasteiger partial charge < -0.3 is 5.11 Å². The molecule has 5 heteroatoms. The van der Waals surface area contributed by atoms with Gasteiger partial charge in [-0.3, -0.25) is 0 Å². The van der Waals surface area contributed by atoms with Crippen molar-refractivity contribution >= 4 is 0 Å². The van der Waals surface area contributed by atoms with Gasteiger partial charge in [-0.2, -0.15) is 0 Å². The monoisotopic (exact) mass is 340 g/mol. The normalized spacial score (nSPS) is 53.1. The Balaban J connectivity index is 1.59. The van der Waals surface area contributed by atoms with Gasteiger partial charge in [0, 0.05) is 12.8 Å². The van der Waals surface area contributed by atoms with Crippen LogP contribution in [0.15, 0.2) is 0 Å². The molecule has 4 aliphatic rings. The second-order valence-electron chi connectivity index (χ2n) is 9.59. The predicted octanol–water partition coefficient (Wildman–Crippen LogP) is 4.07. The van der Waals surface area contributed by atoms with Crippen LogP contribution in [0.1, 0.15) is 71.6 Å². The molecule has 4 aliphatic carbocycles. The number of hydrogen-bond acceptors (Lipinski definition) is 5. The van der Waals surface area contributed by atoms with E-state index in [4.69, 9.17) is 0 Å². The van der Waals surface area contributed by atoms with Gasteiger partial charge in [-0.1, -0.05) is 13.8 Å². The summed E-state index contributed by atoms with van der Waals surface area (Å²) in [6.45, 7) is 4.71. The summed E-state index contributed by atoms with van der Waals surface area (Å²) in [5.41, 5.74) is 0.337. The Morgan fingerprint density at radius 1 is 0.792 bits per heavy atom. The predicted molar refractivity (Wildman–Crippen MR) is 87.9 cm³/mol. The van der Waals surface area contributed by atoms with Gasteiger partial charge in [0.05, 0.1) is 6.10 Å². The van der Waals surface area contributed by atoms with Gasteiger partial charge in [0.15, 0.2) is 0 Å². The third-order valence-corrected chi connectivity index (χ3v) is 8.95. The van der Waals surface area contributed by atoms with Crippen molar-refractivity contribution in [3.05, 3.63) is 0 Å². The highest BCUT2D eigenvalue weighted by atomic mass is 17.2. The smallest absolute Gasteiger partial charge is 0.233 e. The quantitative estimate of drug-likeness (QED) is 0.401. The Hall–Kier alpha value is -0.200. The van der Waals surface area contributed by atoms with Crippen LogP contribution in [0.3, 0.4) is 0 Å². The molecule has 0 bridgehead atoms. The molecule has 4 rings (SSSR count). The SMILES string of the molecule is C[C@]12CCC(OO)(OO)C[C@@H]1CC[C@@H]1[C@@H]2CC[C@]2(C)[C@@H](O)CC[C@@H]12. The fraction of sp³-hybridized carbons (Fsp3) is 1.00. The summed E-state index contributed by atoms with van der Waals surface area (Å²) >= 11 is 0. The van der Waals surface area contributed by atoms with Gasteiger partial charge in [0.25, 0.3) is 0 Å². The van der Waals surface area contributed by atoms with E-state index in [2.05, 4.69) is 23.6 Å². The lowest BCUT2D eigenvalue weighted by atomic mass is 9.45. The fourth-order valence-electron chi connectivity index (χ4n) is 7.35. The van der Waals surface area contributed by atoms with Gasteiger partial charge in [0.2, 0.25) is 5.79 Å². The molecule has 0 aliphatic heterocycles. The van der Waals surface area contributed by atoms with Crippen molar-refractivity contribution in [2.45, 2.75) is 83.5 Å². The van der Waals surface area contributed by atoms with Crippen LogP contribution in [0.25, 0.3) is 0 Å². The standard InChI is InChI=1S/C19H32O5/c1-17-9-10-19(23-21,24-22)11-12(17)3-4-13-14-5-6-16(20)18(14,2)8-7-15(13)17/h12-16,20-22H,3-11H2,1-2H3/t12-,13-,14-,15-,16-,17-,18-/m0/s1. The number of hydrogen-bond donors (Lipinski definition) is 3. The summed E-state index contributed by atoms with van der Waals surface area (Å²) in [6, 6.07) is 0. The molecule has 7 atom stereocenters. The third kappa shape index (κ3) is 2.18. The molecule has 0 spiro atoms. The highest BCUT2D eigenvalue weighted by Crippen LogP contribution is 2.67. The lowest BCUT2D eigenvalue weighted by molar-refractivity contribution is -0.499. The van der Waals surface area contributed by atoms with Crippen molar-refractivity contribution in [3.63, 3.8) is 0 Å². The average molecular weight is 340 g/mol. The van der Waals surface area contributed by atoms with E-state index < -0.39 is 5.79 Å². The van der Waals surface area contributed by atoms with Crippen LogP contribution >= 0.6 is 0 Å². The first-order chi connectivity index (χ1) is 11.4.